The molecular formula is C45H29N3S. The van der Waals surface area contributed by atoms with E-state index in [1.807, 2.05) is 23.5 Å². The third-order valence-electron chi connectivity index (χ3n) is 9.17. The minimum Gasteiger partial charge on any atom is -0.135 e. The van der Waals surface area contributed by atoms with Gasteiger partial charge in [-0.2, -0.15) is 0 Å². The average Bonchev–Trinajstić information content (AvgIpc) is 3.57. The first-order valence-corrected chi connectivity index (χ1v) is 17.2. The molecule has 0 aliphatic carbocycles. The fourth-order valence-corrected chi connectivity index (χ4v) is 8.11. The molecule has 0 N–H and O–H groups in total. The van der Waals surface area contributed by atoms with Gasteiger partial charge < -0.3 is 0 Å². The zero-order chi connectivity index (χ0) is 32.6. The smallest absolute Gasteiger partial charge is 0.105 e. The summed E-state index contributed by atoms with van der Waals surface area (Å²) in [6.45, 7) is 0. The number of nitrogens with zero attached hydrogens (tertiary/aromatic N) is 3. The Morgan fingerprint density at radius 1 is 0.327 bits per heavy atom. The Kier molecular flexibility index (Phi) is 7.34. The number of benzene rings is 7. The molecule has 0 unspecified atom stereocenters. The second-order valence-corrected chi connectivity index (χ2v) is 13.1. The van der Waals surface area contributed by atoms with Crippen LogP contribution in [0.15, 0.2) is 176 Å². The zero-order valence-electron chi connectivity index (χ0n) is 26.5. The lowest BCUT2D eigenvalue weighted by atomic mass is 9.85. The molecule has 0 fully saturated rings. The van der Waals surface area contributed by atoms with E-state index in [1.54, 1.807) is 0 Å². The Labute approximate surface area is 288 Å². The molecule has 2 heterocycles. The Morgan fingerprint density at radius 2 is 0.816 bits per heavy atom. The number of rotatable bonds is 6. The van der Waals surface area contributed by atoms with Crippen LogP contribution in [0.3, 0.4) is 0 Å². The van der Waals surface area contributed by atoms with Crippen molar-refractivity contribution in [1.29, 1.82) is 0 Å². The molecule has 9 aromatic rings. The van der Waals surface area contributed by atoms with E-state index in [0.717, 1.165) is 50.3 Å². The number of aromatic nitrogens is 3. The fourth-order valence-electron chi connectivity index (χ4n) is 7.00. The lowest BCUT2D eigenvalue weighted by Crippen LogP contribution is -2.02. The van der Waals surface area contributed by atoms with Gasteiger partial charge in [0, 0.05) is 36.9 Å². The molecule has 0 aliphatic rings. The second-order valence-electron chi connectivity index (χ2n) is 12.0. The molecule has 4 heteroatoms. The third-order valence-corrected chi connectivity index (χ3v) is 10.3. The van der Waals surface area contributed by atoms with Crippen molar-refractivity contribution in [2.75, 3.05) is 0 Å². The SMILES string of the molecule is c1ccc(-c2ccccc2-c2nnnc(-c3ccccc3-c3c(-c4ccccc4)ccc4sc5ccccc5c34)c2-c2ccccc2)cc1. The molecule has 0 radical (unpaired) electrons. The van der Waals surface area contributed by atoms with E-state index >= 15 is 0 Å². The lowest BCUT2D eigenvalue weighted by molar-refractivity contribution is 0.879. The summed E-state index contributed by atoms with van der Waals surface area (Å²) in [5.41, 5.74) is 12.5. The fraction of sp³-hybridized carbons (Fsp3) is 0. The molecule has 0 amide bonds. The lowest BCUT2D eigenvalue weighted by Gasteiger charge is -2.19. The molecule has 0 atom stereocenters. The van der Waals surface area contributed by atoms with Gasteiger partial charge in [0.2, 0.25) is 0 Å². The van der Waals surface area contributed by atoms with E-state index in [1.165, 1.54) is 36.9 Å². The van der Waals surface area contributed by atoms with Gasteiger partial charge >= 0.3 is 0 Å². The van der Waals surface area contributed by atoms with Gasteiger partial charge in [-0.05, 0) is 56.3 Å². The predicted octanol–water partition coefficient (Wildman–Crippen LogP) is 12.2. The first-order valence-electron chi connectivity index (χ1n) is 16.4. The topological polar surface area (TPSA) is 38.7 Å². The number of fused-ring (bicyclic) bond motifs is 3. The summed E-state index contributed by atoms with van der Waals surface area (Å²) < 4.78 is 2.53. The van der Waals surface area contributed by atoms with Crippen LogP contribution in [0.5, 0.6) is 0 Å². The summed E-state index contributed by atoms with van der Waals surface area (Å²) >= 11 is 1.84. The summed E-state index contributed by atoms with van der Waals surface area (Å²) in [7, 11) is 0. The van der Waals surface area contributed by atoms with Crippen LogP contribution >= 0.6 is 11.3 Å². The van der Waals surface area contributed by atoms with Gasteiger partial charge in [0.25, 0.3) is 0 Å². The van der Waals surface area contributed by atoms with Gasteiger partial charge in [-0.3, -0.25) is 0 Å². The van der Waals surface area contributed by atoms with Crippen LogP contribution in [-0.2, 0) is 0 Å². The van der Waals surface area contributed by atoms with Crippen molar-refractivity contribution in [2.24, 2.45) is 0 Å². The quantitative estimate of drug-likeness (QED) is 0.181. The van der Waals surface area contributed by atoms with Gasteiger partial charge in [0.15, 0.2) is 0 Å². The average molecular weight is 644 g/mol. The van der Waals surface area contributed by atoms with E-state index in [-0.39, 0.29) is 0 Å². The van der Waals surface area contributed by atoms with Crippen LogP contribution in [0.1, 0.15) is 0 Å². The zero-order valence-corrected chi connectivity index (χ0v) is 27.3. The van der Waals surface area contributed by atoms with Crippen LogP contribution in [0, 0.1) is 0 Å². The van der Waals surface area contributed by atoms with Gasteiger partial charge in [-0.1, -0.05) is 164 Å². The first-order chi connectivity index (χ1) is 24.3. The molecule has 0 aliphatic heterocycles. The third kappa shape index (κ3) is 5.10. The summed E-state index contributed by atoms with van der Waals surface area (Å²) in [4.78, 5) is 0. The van der Waals surface area contributed by atoms with E-state index in [2.05, 4.69) is 169 Å². The monoisotopic (exact) mass is 643 g/mol. The highest BCUT2D eigenvalue weighted by atomic mass is 32.1. The van der Waals surface area contributed by atoms with E-state index in [9.17, 15) is 0 Å². The van der Waals surface area contributed by atoms with E-state index in [4.69, 9.17) is 10.2 Å². The summed E-state index contributed by atoms with van der Waals surface area (Å²) in [6.07, 6.45) is 0. The summed E-state index contributed by atoms with van der Waals surface area (Å²) in [6, 6.07) is 62.0. The molecule has 0 spiro atoms. The molecule has 0 saturated heterocycles. The highest BCUT2D eigenvalue weighted by molar-refractivity contribution is 7.26. The van der Waals surface area contributed by atoms with Gasteiger partial charge in [-0.25, -0.2) is 0 Å². The van der Waals surface area contributed by atoms with Crippen LogP contribution in [-0.4, -0.2) is 15.4 Å². The highest BCUT2D eigenvalue weighted by Crippen LogP contribution is 2.49. The highest BCUT2D eigenvalue weighted by Gasteiger charge is 2.24. The van der Waals surface area contributed by atoms with Crippen molar-refractivity contribution < 1.29 is 0 Å². The maximum atomic E-state index is 4.87. The van der Waals surface area contributed by atoms with Crippen molar-refractivity contribution >= 4 is 31.5 Å². The van der Waals surface area contributed by atoms with Crippen LogP contribution in [0.4, 0.5) is 0 Å². The van der Waals surface area contributed by atoms with Crippen molar-refractivity contribution in [3.05, 3.63) is 176 Å². The molecule has 49 heavy (non-hydrogen) atoms. The maximum Gasteiger partial charge on any atom is 0.105 e. The normalized spacial score (nSPS) is 11.3. The van der Waals surface area contributed by atoms with Crippen LogP contribution in [0.2, 0.25) is 0 Å². The van der Waals surface area contributed by atoms with Crippen molar-refractivity contribution in [3.8, 4) is 67.0 Å². The maximum absolute atomic E-state index is 4.87. The van der Waals surface area contributed by atoms with Crippen molar-refractivity contribution in [2.45, 2.75) is 0 Å². The van der Waals surface area contributed by atoms with Gasteiger partial charge in [0.05, 0.1) is 0 Å². The molecular weight excluding hydrogens is 615 g/mol. The molecule has 9 rings (SSSR count). The standard InChI is InChI=1S/C45H29N3S/c1-4-16-30(17-5-1)33-22-10-12-24-36(33)44-41(32-20-8-3-9-21-32)45(47-48-46-44)37-25-13-11-23-35(37)42-34(31-18-6-2-7-19-31)28-29-40-43(42)38-26-14-15-27-39(38)49-40/h1-29H. The second kappa shape index (κ2) is 12.4. The Balaban J connectivity index is 1.37. The molecule has 2 aromatic heterocycles. The minimum absolute atomic E-state index is 0.796. The minimum atomic E-state index is 0.796. The molecule has 0 bridgehead atoms. The van der Waals surface area contributed by atoms with Crippen LogP contribution < -0.4 is 0 Å². The number of hydrogen-bond donors (Lipinski definition) is 0. The summed E-state index contributed by atoms with van der Waals surface area (Å²) in [5.74, 6) is 0. The molecule has 0 saturated carbocycles. The first kappa shape index (κ1) is 29.0. The van der Waals surface area contributed by atoms with Gasteiger partial charge in [0.1, 0.15) is 11.4 Å². The molecule has 230 valence electrons. The number of hydrogen-bond acceptors (Lipinski definition) is 4. The Morgan fingerprint density at radius 3 is 1.47 bits per heavy atom. The van der Waals surface area contributed by atoms with Gasteiger partial charge in [-0.15, -0.1) is 21.5 Å². The summed E-state index contributed by atoms with van der Waals surface area (Å²) in [5, 5.41) is 16.7. The van der Waals surface area contributed by atoms with E-state index < -0.39 is 0 Å². The molecule has 3 nitrogen and oxygen atoms in total. The largest absolute Gasteiger partial charge is 0.135 e. The van der Waals surface area contributed by atoms with Crippen molar-refractivity contribution in [1.82, 2.24) is 15.4 Å². The molecule has 7 aromatic carbocycles. The predicted molar refractivity (Wildman–Crippen MR) is 205 cm³/mol. The van der Waals surface area contributed by atoms with Crippen molar-refractivity contribution in [3.63, 3.8) is 0 Å². The van der Waals surface area contributed by atoms with Crippen LogP contribution in [0.25, 0.3) is 87.2 Å². The van der Waals surface area contributed by atoms with E-state index in [0.29, 0.717) is 0 Å². The Hall–Kier alpha value is -6.23. The Bertz CT molecular complexity index is 2590. The number of thiophene rings is 1.